The molecule has 32 heavy (non-hydrogen) atoms. The summed E-state index contributed by atoms with van der Waals surface area (Å²) in [5.74, 6) is 0.820. The number of carbonyl (C=O) groups is 1. The quantitative estimate of drug-likeness (QED) is 0.521. The first-order chi connectivity index (χ1) is 15.5. The summed E-state index contributed by atoms with van der Waals surface area (Å²) in [6.07, 6.45) is 3.44. The van der Waals surface area contributed by atoms with E-state index in [2.05, 4.69) is 31.1 Å². The van der Waals surface area contributed by atoms with E-state index in [1.54, 1.807) is 19.2 Å². The van der Waals surface area contributed by atoms with Crippen molar-refractivity contribution in [3.63, 3.8) is 0 Å². The van der Waals surface area contributed by atoms with Crippen LogP contribution in [0, 0.1) is 18.3 Å². The molecule has 1 saturated heterocycles. The van der Waals surface area contributed by atoms with Crippen LogP contribution in [0.15, 0.2) is 28.9 Å². The fourth-order valence-electron chi connectivity index (χ4n) is 4.28. The zero-order valence-corrected chi connectivity index (χ0v) is 17.7. The molecule has 10 nitrogen and oxygen atoms in total. The Labute approximate surface area is 183 Å². The zero-order chi connectivity index (χ0) is 22.2. The fraction of sp³-hybridized carbons (Fsp3) is 0.364. The van der Waals surface area contributed by atoms with Crippen LogP contribution in [0.25, 0.3) is 21.9 Å². The maximum absolute atomic E-state index is 12.8. The number of carbonyl (C=O) groups excluding carboxylic acids is 1. The van der Waals surface area contributed by atoms with Gasteiger partial charge in [-0.1, -0.05) is 0 Å². The van der Waals surface area contributed by atoms with Crippen LogP contribution in [0.4, 0.5) is 5.95 Å². The molecule has 10 heteroatoms. The van der Waals surface area contributed by atoms with Gasteiger partial charge >= 0.3 is 0 Å². The molecule has 0 aliphatic carbocycles. The number of nitrogens with zero attached hydrogens (tertiary/aromatic N) is 6. The van der Waals surface area contributed by atoms with Crippen LogP contribution < -0.4 is 5.32 Å². The molecule has 0 saturated carbocycles. The highest BCUT2D eigenvalue weighted by atomic mass is 16.5. The molecule has 1 N–H and O–H groups in total. The predicted molar refractivity (Wildman–Crippen MR) is 115 cm³/mol. The van der Waals surface area contributed by atoms with Gasteiger partial charge in [-0.05, 0) is 43.1 Å². The molecule has 1 amide bonds. The maximum atomic E-state index is 12.8. The Bertz CT molecular complexity index is 1370. The van der Waals surface area contributed by atoms with E-state index >= 15 is 0 Å². The van der Waals surface area contributed by atoms with E-state index in [1.165, 1.54) is 0 Å². The lowest BCUT2D eigenvalue weighted by atomic mass is 10.0. The Kier molecular flexibility index (Phi) is 5.03. The number of anilines is 1. The highest BCUT2D eigenvalue weighted by Gasteiger charge is 2.27. The molecule has 162 valence electrons. The highest BCUT2D eigenvalue weighted by molar-refractivity contribution is 6.03. The van der Waals surface area contributed by atoms with Crippen LogP contribution >= 0.6 is 0 Å². The van der Waals surface area contributed by atoms with Crippen molar-refractivity contribution in [1.29, 1.82) is 5.26 Å². The number of aromatic nitrogens is 5. The zero-order valence-electron chi connectivity index (χ0n) is 17.7. The number of ether oxygens (including phenoxy) is 1. The van der Waals surface area contributed by atoms with Crippen LogP contribution in [-0.2, 0) is 16.0 Å². The van der Waals surface area contributed by atoms with Crippen molar-refractivity contribution < 1.29 is 14.1 Å². The van der Waals surface area contributed by atoms with Crippen LogP contribution in [0.5, 0.6) is 0 Å². The number of pyridine rings is 1. The maximum Gasteiger partial charge on any atom is 0.270 e. The van der Waals surface area contributed by atoms with E-state index in [0.29, 0.717) is 29.4 Å². The van der Waals surface area contributed by atoms with Crippen LogP contribution in [0.3, 0.4) is 0 Å². The first kappa shape index (κ1) is 20.1. The summed E-state index contributed by atoms with van der Waals surface area (Å²) in [5.41, 5.74) is 2.89. The van der Waals surface area contributed by atoms with Crippen LogP contribution in [0.2, 0.25) is 0 Å². The lowest BCUT2D eigenvalue weighted by Gasteiger charge is -2.30. The second-order valence-electron chi connectivity index (χ2n) is 7.96. The van der Waals surface area contributed by atoms with Crippen molar-refractivity contribution in [2.45, 2.75) is 45.3 Å². The van der Waals surface area contributed by atoms with E-state index in [4.69, 9.17) is 14.2 Å². The normalized spacial score (nSPS) is 18.7. The van der Waals surface area contributed by atoms with Gasteiger partial charge < -0.3 is 13.8 Å². The third-order valence-electron chi connectivity index (χ3n) is 5.64. The summed E-state index contributed by atoms with van der Waals surface area (Å²) in [4.78, 5) is 26.0. The van der Waals surface area contributed by atoms with Crippen LogP contribution in [-0.4, -0.2) is 43.3 Å². The highest BCUT2D eigenvalue weighted by Crippen LogP contribution is 2.34. The van der Waals surface area contributed by atoms with Crippen molar-refractivity contribution in [2.75, 3.05) is 11.9 Å². The lowest BCUT2D eigenvalue weighted by Crippen LogP contribution is -2.27. The van der Waals surface area contributed by atoms with Crippen LogP contribution in [0.1, 0.15) is 43.1 Å². The van der Waals surface area contributed by atoms with Gasteiger partial charge in [0, 0.05) is 25.0 Å². The minimum Gasteiger partial charge on any atom is -0.378 e. The summed E-state index contributed by atoms with van der Waals surface area (Å²) < 4.78 is 12.8. The molecule has 0 spiro atoms. The molecular formula is C22H21N7O3. The molecule has 4 heterocycles. The molecule has 1 aromatic carbocycles. The lowest BCUT2D eigenvalue weighted by molar-refractivity contribution is -0.115. The molecule has 0 radical (unpaired) electrons. The van der Waals surface area contributed by atoms with E-state index in [-0.39, 0.29) is 30.4 Å². The molecule has 1 aliphatic heterocycles. The molecule has 2 atom stereocenters. The van der Waals surface area contributed by atoms with E-state index in [9.17, 15) is 10.1 Å². The Morgan fingerprint density at radius 2 is 2.22 bits per heavy atom. The summed E-state index contributed by atoms with van der Waals surface area (Å²) in [5, 5.41) is 16.6. The molecule has 5 rings (SSSR count). The standard InChI is InChI=1S/C22H21N7O3/c1-12-7-15(5-6-31-12)29-19(9-20(30)27-22-25-13(2)32-28-22)26-18-11-24-17-4-3-14(10-23)8-16(17)21(18)29/h3-4,8,11-12,15H,5-7,9H2,1-2H3,(H,27,28,30)/t12-,15-/m1/s1. The molecule has 3 aromatic heterocycles. The van der Waals surface area contributed by atoms with E-state index in [0.717, 1.165) is 29.3 Å². The molecule has 1 fully saturated rings. The first-order valence-corrected chi connectivity index (χ1v) is 10.4. The topological polar surface area (TPSA) is 132 Å². The minimum absolute atomic E-state index is 0.0352. The Hall–Kier alpha value is -3.84. The van der Waals surface area contributed by atoms with Crippen molar-refractivity contribution in [2.24, 2.45) is 0 Å². The van der Waals surface area contributed by atoms with Gasteiger partial charge in [-0.25, -0.2) is 4.98 Å². The van der Waals surface area contributed by atoms with Crippen molar-refractivity contribution >= 4 is 33.8 Å². The minimum atomic E-state index is -0.294. The second kappa shape index (κ2) is 8.01. The van der Waals surface area contributed by atoms with Gasteiger partial charge in [0.05, 0.1) is 41.4 Å². The van der Waals surface area contributed by atoms with Gasteiger partial charge in [0.15, 0.2) is 0 Å². The van der Waals surface area contributed by atoms with Crippen molar-refractivity contribution in [1.82, 2.24) is 24.7 Å². The number of hydrogen-bond donors (Lipinski definition) is 1. The number of nitrogens with one attached hydrogen (secondary N) is 1. The summed E-state index contributed by atoms with van der Waals surface area (Å²) in [6, 6.07) is 7.72. The van der Waals surface area contributed by atoms with Gasteiger partial charge in [-0.15, -0.1) is 0 Å². The number of imidazole rings is 1. The largest absolute Gasteiger partial charge is 0.378 e. The number of nitriles is 1. The summed E-state index contributed by atoms with van der Waals surface area (Å²) in [6.45, 7) is 4.33. The summed E-state index contributed by atoms with van der Waals surface area (Å²) in [7, 11) is 0. The molecule has 4 aromatic rings. The summed E-state index contributed by atoms with van der Waals surface area (Å²) >= 11 is 0. The van der Waals surface area contributed by atoms with Crippen molar-refractivity contribution in [3.05, 3.63) is 41.7 Å². The van der Waals surface area contributed by atoms with E-state index < -0.39 is 0 Å². The monoisotopic (exact) mass is 431 g/mol. The fourth-order valence-corrected chi connectivity index (χ4v) is 4.28. The number of hydrogen-bond acceptors (Lipinski definition) is 8. The second-order valence-corrected chi connectivity index (χ2v) is 7.96. The average molecular weight is 431 g/mol. The van der Waals surface area contributed by atoms with Crippen molar-refractivity contribution in [3.8, 4) is 6.07 Å². The number of benzene rings is 1. The van der Waals surface area contributed by atoms with Gasteiger partial charge in [-0.3, -0.25) is 15.1 Å². The number of rotatable bonds is 4. The number of aryl methyl sites for hydroxylation is 1. The molecular weight excluding hydrogens is 410 g/mol. The number of fused-ring (bicyclic) bond motifs is 3. The smallest absolute Gasteiger partial charge is 0.270 e. The predicted octanol–water partition coefficient (Wildman–Crippen LogP) is 3.07. The molecule has 1 aliphatic rings. The van der Waals surface area contributed by atoms with E-state index in [1.807, 2.05) is 19.1 Å². The third kappa shape index (κ3) is 3.67. The van der Waals surface area contributed by atoms with Gasteiger partial charge in [0.2, 0.25) is 11.8 Å². The average Bonchev–Trinajstić information content (AvgIpc) is 3.35. The Balaban J connectivity index is 1.62. The molecule has 0 unspecified atom stereocenters. The third-order valence-corrected chi connectivity index (χ3v) is 5.64. The van der Waals surface area contributed by atoms with Gasteiger partial charge in [-0.2, -0.15) is 10.2 Å². The Morgan fingerprint density at radius 1 is 1.34 bits per heavy atom. The van der Waals surface area contributed by atoms with Gasteiger partial charge in [0.1, 0.15) is 11.3 Å². The van der Waals surface area contributed by atoms with Gasteiger partial charge in [0.25, 0.3) is 5.95 Å². The Morgan fingerprint density at radius 3 is 2.97 bits per heavy atom. The molecule has 0 bridgehead atoms. The number of amides is 1. The SMILES string of the molecule is Cc1nc(NC(=O)Cc2nc3cnc4ccc(C#N)cc4c3n2[C@@H]2CCO[C@H](C)C2)no1. The first-order valence-electron chi connectivity index (χ1n) is 10.4.